The van der Waals surface area contributed by atoms with E-state index in [2.05, 4.69) is 25.1 Å². The second kappa shape index (κ2) is 9.81. The molecule has 1 amide bonds. The summed E-state index contributed by atoms with van der Waals surface area (Å²) in [6.07, 6.45) is 9.36. The van der Waals surface area contributed by atoms with E-state index >= 15 is 0 Å². The molecule has 6 nitrogen and oxygen atoms in total. The molecule has 0 radical (unpaired) electrons. The molecule has 30 heavy (non-hydrogen) atoms. The first-order valence-electron chi connectivity index (χ1n) is 9.85. The zero-order chi connectivity index (χ0) is 20.9. The zero-order valence-corrected chi connectivity index (χ0v) is 18.6. The van der Waals surface area contributed by atoms with Gasteiger partial charge < -0.3 is 5.32 Å². The van der Waals surface area contributed by atoms with Gasteiger partial charge in [0, 0.05) is 29.7 Å². The van der Waals surface area contributed by atoms with Crippen molar-refractivity contribution in [1.82, 2.24) is 19.7 Å². The van der Waals surface area contributed by atoms with Crippen LogP contribution >= 0.6 is 35.0 Å². The number of carbonyl (C=O) groups is 1. The molecule has 4 rings (SSSR count). The summed E-state index contributed by atoms with van der Waals surface area (Å²) in [5.41, 5.74) is 1.59. The highest BCUT2D eigenvalue weighted by Crippen LogP contribution is 2.35. The second-order valence-electron chi connectivity index (χ2n) is 7.17. The standard InChI is InChI=1S/C21H21Cl2N5OS/c22-17-7-6-15(12-18(17)23)25-19(29)13-30-21-27-26-20(14-8-10-24-11-9-14)28(21)16-4-2-1-3-5-16/h6-12,16H,1-5,13H2,(H,25,29). The third-order valence-corrected chi connectivity index (χ3v) is 6.76. The van der Waals surface area contributed by atoms with E-state index in [1.54, 1.807) is 30.6 Å². The number of halogens is 2. The Labute approximate surface area is 189 Å². The lowest BCUT2D eigenvalue weighted by Gasteiger charge is -2.25. The van der Waals surface area contributed by atoms with Crippen LogP contribution in [0.5, 0.6) is 0 Å². The van der Waals surface area contributed by atoms with Crippen LogP contribution in [0.4, 0.5) is 5.69 Å². The smallest absolute Gasteiger partial charge is 0.234 e. The van der Waals surface area contributed by atoms with Gasteiger partial charge in [-0.25, -0.2) is 0 Å². The van der Waals surface area contributed by atoms with Crippen LogP contribution in [-0.4, -0.2) is 31.4 Å². The fraction of sp³-hybridized carbons (Fsp3) is 0.333. The summed E-state index contributed by atoms with van der Waals surface area (Å²) in [7, 11) is 0. The van der Waals surface area contributed by atoms with Crippen LogP contribution in [0.25, 0.3) is 11.4 Å². The summed E-state index contributed by atoms with van der Waals surface area (Å²) in [5, 5.41) is 13.3. The van der Waals surface area contributed by atoms with E-state index in [0.29, 0.717) is 21.8 Å². The minimum absolute atomic E-state index is 0.137. The largest absolute Gasteiger partial charge is 0.325 e. The highest BCUT2D eigenvalue weighted by atomic mass is 35.5. The SMILES string of the molecule is O=C(CSc1nnc(-c2ccncc2)n1C1CCCCC1)Nc1ccc(Cl)c(Cl)c1. The minimum atomic E-state index is -0.137. The predicted octanol–water partition coefficient (Wildman–Crippen LogP) is 5.88. The van der Waals surface area contributed by atoms with Gasteiger partial charge in [0.1, 0.15) is 0 Å². The molecule has 2 aromatic heterocycles. The van der Waals surface area contributed by atoms with E-state index in [-0.39, 0.29) is 11.7 Å². The van der Waals surface area contributed by atoms with Crippen molar-refractivity contribution in [2.75, 3.05) is 11.1 Å². The fourth-order valence-electron chi connectivity index (χ4n) is 3.64. The number of anilines is 1. The predicted molar refractivity (Wildman–Crippen MR) is 121 cm³/mol. The molecule has 156 valence electrons. The maximum atomic E-state index is 12.5. The van der Waals surface area contributed by atoms with E-state index in [9.17, 15) is 4.79 Å². The van der Waals surface area contributed by atoms with Gasteiger partial charge in [0.2, 0.25) is 5.91 Å². The third kappa shape index (κ3) is 4.96. The number of benzene rings is 1. The number of hydrogen-bond acceptors (Lipinski definition) is 5. The first kappa shape index (κ1) is 21.2. The summed E-state index contributed by atoms with van der Waals surface area (Å²) in [4.78, 5) is 16.6. The van der Waals surface area contributed by atoms with Crippen LogP contribution < -0.4 is 5.32 Å². The van der Waals surface area contributed by atoms with Crippen LogP contribution in [0.3, 0.4) is 0 Å². The van der Waals surface area contributed by atoms with Crippen molar-refractivity contribution in [3.8, 4) is 11.4 Å². The lowest BCUT2D eigenvalue weighted by molar-refractivity contribution is -0.113. The molecule has 1 aliphatic rings. The van der Waals surface area contributed by atoms with Crippen LogP contribution in [0, 0.1) is 0 Å². The van der Waals surface area contributed by atoms with E-state index < -0.39 is 0 Å². The molecule has 1 aromatic carbocycles. The van der Waals surface area contributed by atoms with Crippen molar-refractivity contribution in [3.63, 3.8) is 0 Å². The molecule has 2 heterocycles. The first-order chi connectivity index (χ1) is 14.6. The Bertz CT molecular complexity index is 1020. The van der Waals surface area contributed by atoms with Gasteiger partial charge in [0.15, 0.2) is 11.0 Å². The Hall–Kier alpha value is -2.09. The average Bonchev–Trinajstić information content (AvgIpc) is 3.20. The molecule has 1 saturated carbocycles. The quantitative estimate of drug-likeness (QED) is 0.463. The highest BCUT2D eigenvalue weighted by Gasteiger charge is 2.24. The molecule has 0 aliphatic heterocycles. The minimum Gasteiger partial charge on any atom is -0.325 e. The van der Waals surface area contributed by atoms with Crippen LogP contribution in [0.1, 0.15) is 38.1 Å². The molecule has 0 bridgehead atoms. The van der Waals surface area contributed by atoms with E-state index in [1.807, 2.05) is 12.1 Å². The van der Waals surface area contributed by atoms with Crippen molar-refractivity contribution in [2.24, 2.45) is 0 Å². The Balaban J connectivity index is 1.51. The van der Waals surface area contributed by atoms with Crippen LogP contribution in [-0.2, 0) is 4.79 Å². The average molecular weight is 462 g/mol. The number of thioether (sulfide) groups is 1. The highest BCUT2D eigenvalue weighted by molar-refractivity contribution is 7.99. The van der Waals surface area contributed by atoms with Gasteiger partial charge in [-0.1, -0.05) is 54.2 Å². The Morgan fingerprint density at radius 1 is 1.07 bits per heavy atom. The Morgan fingerprint density at radius 3 is 2.57 bits per heavy atom. The zero-order valence-electron chi connectivity index (χ0n) is 16.2. The molecule has 9 heteroatoms. The van der Waals surface area contributed by atoms with Crippen molar-refractivity contribution in [1.29, 1.82) is 0 Å². The van der Waals surface area contributed by atoms with E-state index in [1.165, 1.54) is 31.0 Å². The number of rotatable bonds is 6. The summed E-state index contributed by atoms with van der Waals surface area (Å²) in [5.74, 6) is 0.917. The number of aromatic nitrogens is 4. The number of nitrogens with zero attached hydrogens (tertiary/aromatic N) is 4. The first-order valence-corrected chi connectivity index (χ1v) is 11.6. The van der Waals surface area contributed by atoms with Crippen molar-refractivity contribution in [2.45, 2.75) is 43.3 Å². The topological polar surface area (TPSA) is 72.7 Å². The molecule has 1 fully saturated rings. The Kier molecular flexibility index (Phi) is 6.92. The van der Waals surface area contributed by atoms with E-state index in [0.717, 1.165) is 29.4 Å². The number of carbonyl (C=O) groups excluding carboxylic acids is 1. The van der Waals surface area contributed by atoms with Gasteiger partial charge in [-0.05, 0) is 43.2 Å². The summed E-state index contributed by atoms with van der Waals surface area (Å²) < 4.78 is 2.20. The molecular weight excluding hydrogens is 441 g/mol. The summed E-state index contributed by atoms with van der Waals surface area (Å²) in [6.45, 7) is 0. The van der Waals surface area contributed by atoms with Gasteiger partial charge in [-0.15, -0.1) is 10.2 Å². The molecule has 0 spiro atoms. The van der Waals surface area contributed by atoms with Gasteiger partial charge in [-0.3, -0.25) is 14.3 Å². The monoisotopic (exact) mass is 461 g/mol. The molecule has 3 aromatic rings. The number of pyridine rings is 1. The molecule has 0 atom stereocenters. The normalized spacial score (nSPS) is 14.6. The lowest BCUT2D eigenvalue weighted by atomic mass is 9.95. The summed E-state index contributed by atoms with van der Waals surface area (Å²) in [6, 6.07) is 9.25. The molecule has 1 N–H and O–H groups in total. The molecule has 0 saturated heterocycles. The summed E-state index contributed by atoms with van der Waals surface area (Å²) >= 11 is 13.3. The molecular formula is C21H21Cl2N5OS. The maximum absolute atomic E-state index is 12.5. The van der Waals surface area contributed by atoms with Gasteiger partial charge in [-0.2, -0.15) is 0 Å². The number of hydrogen-bond donors (Lipinski definition) is 1. The number of nitrogens with one attached hydrogen (secondary N) is 1. The number of amides is 1. The lowest BCUT2D eigenvalue weighted by Crippen LogP contribution is -2.17. The van der Waals surface area contributed by atoms with Crippen molar-refractivity contribution < 1.29 is 4.79 Å². The van der Waals surface area contributed by atoms with E-state index in [4.69, 9.17) is 23.2 Å². The Morgan fingerprint density at radius 2 is 1.83 bits per heavy atom. The van der Waals surface area contributed by atoms with Gasteiger partial charge in [0.05, 0.1) is 15.8 Å². The fourth-order valence-corrected chi connectivity index (χ4v) is 4.75. The van der Waals surface area contributed by atoms with Crippen LogP contribution in [0.15, 0.2) is 47.9 Å². The van der Waals surface area contributed by atoms with Gasteiger partial charge >= 0.3 is 0 Å². The van der Waals surface area contributed by atoms with Crippen molar-refractivity contribution >= 4 is 46.6 Å². The maximum Gasteiger partial charge on any atom is 0.234 e. The molecule has 0 unspecified atom stereocenters. The van der Waals surface area contributed by atoms with Crippen molar-refractivity contribution in [3.05, 3.63) is 52.8 Å². The van der Waals surface area contributed by atoms with Gasteiger partial charge in [0.25, 0.3) is 0 Å². The third-order valence-electron chi connectivity index (χ3n) is 5.08. The molecule has 1 aliphatic carbocycles. The van der Waals surface area contributed by atoms with Crippen LogP contribution in [0.2, 0.25) is 10.0 Å². The second-order valence-corrected chi connectivity index (χ2v) is 8.93.